The average molecular weight is 505 g/mol. The van der Waals surface area contributed by atoms with E-state index >= 15 is 0 Å². The Morgan fingerprint density at radius 3 is 1.77 bits per heavy atom. The maximum absolute atomic E-state index is 12.1. The number of hydrogen-bond acceptors (Lipinski definition) is 2. The summed E-state index contributed by atoms with van der Waals surface area (Å²) in [6, 6.07) is 0. The van der Waals surface area contributed by atoms with Crippen molar-refractivity contribution < 1.29 is 12.9 Å². The van der Waals surface area contributed by atoms with Gasteiger partial charge < -0.3 is 9.21 Å². The molecule has 6 heteroatoms. The van der Waals surface area contributed by atoms with Crippen molar-refractivity contribution >= 4 is 34.0 Å². The second kappa shape index (κ2) is 14.6. The fourth-order valence-electron chi connectivity index (χ4n) is 3.25. The lowest BCUT2D eigenvalue weighted by Gasteiger charge is -2.40. The Hall–Kier alpha value is 0.600. The molecule has 0 aromatic rings. The first-order valence-corrected chi connectivity index (χ1v) is 11.9. The molecule has 0 unspecified atom stereocenters. The van der Waals surface area contributed by atoms with Crippen LogP contribution in [0.2, 0.25) is 0 Å². The van der Waals surface area contributed by atoms with Gasteiger partial charge in [-0.05, 0) is 18.8 Å². The molecule has 0 radical (unpaired) electrons. The van der Waals surface area contributed by atoms with Crippen LogP contribution in [-0.2, 0) is 10.0 Å². The quantitative estimate of drug-likeness (QED) is 0.148. The van der Waals surface area contributed by atoms with Crippen molar-refractivity contribution in [2.45, 2.75) is 85.5 Å². The number of quaternary nitrogens is 1. The molecule has 0 atom stereocenters. The molecule has 0 bridgehead atoms. The molecule has 0 saturated carbocycles. The molecule has 0 aromatic heterocycles. The lowest BCUT2D eigenvalue weighted by molar-refractivity contribution is -0.894. The van der Waals surface area contributed by atoms with Gasteiger partial charge in [0.05, 0.1) is 37.2 Å². The molecular weight excluding hydrogens is 459 g/mol. The Labute approximate surface area is 181 Å². The third kappa shape index (κ3) is 16.8. The fraction of sp³-hybridized carbons (Fsp3) is 1.00. The molecule has 4 nitrogen and oxygen atoms in total. The zero-order chi connectivity index (χ0) is 19.4. The van der Waals surface area contributed by atoms with Crippen LogP contribution in [0, 0.1) is 5.41 Å². The zero-order valence-electron chi connectivity index (χ0n) is 18.2. The van der Waals surface area contributed by atoms with Gasteiger partial charge in [-0.2, -0.15) is 0 Å². The van der Waals surface area contributed by atoms with Crippen molar-refractivity contribution in [3.8, 4) is 0 Å². The highest BCUT2D eigenvalue weighted by molar-refractivity contribution is 14.0. The van der Waals surface area contributed by atoms with E-state index < -0.39 is 10.0 Å². The van der Waals surface area contributed by atoms with Gasteiger partial charge in [0.25, 0.3) is 0 Å². The topological polar surface area (TPSA) is 48.2 Å². The number of nitrogens with zero attached hydrogens (tertiary/aromatic N) is 2. The van der Waals surface area contributed by atoms with E-state index in [4.69, 9.17) is 0 Å². The molecule has 0 aliphatic carbocycles. The molecule has 0 spiro atoms. The predicted octanol–water partition coefficient (Wildman–Crippen LogP) is 5.96. The van der Waals surface area contributed by atoms with Gasteiger partial charge in [0.15, 0.2) is 0 Å². The van der Waals surface area contributed by atoms with E-state index in [1.54, 1.807) is 0 Å². The molecule has 0 N–H and O–H groups in total. The van der Waals surface area contributed by atoms with E-state index in [1.165, 1.54) is 38.5 Å². The molecule has 26 heavy (non-hydrogen) atoms. The summed E-state index contributed by atoms with van der Waals surface area (Å²) in [5.41, 5.74) is -0.0922. The molecule has 0 aliphatic heterocycles. The van der Waals surface area contributed by atoms with E-state index in [0.717, 1.165) is 36.8 Å². The minimum Gasteiger partial charge on any atom is -0.548 e. The average Bonchev–Trinajstić information content (AvgIpc) is 2.51. The molecule has 0 saturated heterocycles. The van der Waals surface area contributed by atoms with Crippen LogP contribution in [0.25, 0.3) is 4.72 Å². The van der Waals surface area contributed by atoms with E-state index in [1.807, 2.05) is 0 Å². The Morgan fingerprint density at radius 1 is 0.846 bits per heavy atom. The summed E-state index contributed by atoms with van der Waals surface area (Å²) in [4.78, 5) is 0. The van der Waals surface area contributed by atoms with Crippen molar-refractivity contribution in [3.63, 3.8) is 0 Å². The van der Waals surface area contributed by atoms with Crippen LogP contribution in [0.1, 0.15) is 85.5 Å². The van der Waals surface area contributed by atoms with Gasteiger partial charge in [0.2, 0.25) is 0 Å². The number of sulfonamides is 1. The maximum atomic E-state index is 12.1. The third-order valence-electron chi connectivity index (χ3n) is 4.91. The highest BCUT2D eigenvalue weighted by Gasteiger charge is 2.25. The Morgan fingerprint density at radius 2 is 1.31 bits per heavy atom. The van der Waals surface area contributed by atoms with Crippen LogP contribution in [0.5, 0.6) is 0 Å². The maximum Gasteiger partial charge on any atom is 0.0817 e. The summed E-state index contributed by atoms with van der Waals surface area (Å²) < 4.78 is 29.3. The second-order valence-corrected chi connectivity index (χ2v) is 10.8. The summed E-state index contributed by atoms with van der Waals surface area (Å²) in [7, 11) is 1.09. The lowest BCUT2D eigenvalue weighted by Crippen LogP contribution is -2.47. The van der Waals surface area contributed by atoms with E-state index in [0.29, 0.717) is 6.54 Å². The normalized spacial score (nSPS) is 12.8. The van der Waals surface area contributed by atoms with Gasteiger partial charge >= 0.3 is 0 Å². The number of rotatable bonds is 16. The first-order chi connectivity index (χ1) is 11.5. The van der Waals surface area contributed by atoms with Crippen LogP contribution >= 0.6 is 24.0 Å². The van der Waals surface area contributed by atoms with Gasteiger partial charge in [-0.1, -0.05) is 72.1 Å². The highest BCUT2D eigenvalue weighted by Crippen LogP contribution is 2.24. The Kier molecular flexibility index (Phi) is 16.2. The number of hydrogen-bond donors (Lipinski definition) is 0. The summed E-state index contributed by atoms with van der Waals surface area (Å²) in [5.74, 6) is 0.213. The van der Waals surface area contributed by atoms with Gasteiger partial charge in [0, 0.05) is 5.75 Å². The smallest absolute Gasteiger partial charge is 0.0817 e. The second-order valence-electron chi connectivity index (χ2n) is 8.98. The van der Waals surface area contributed by atoms with Gasteiger partial charge in [-0.3, -0.25) is 0 Å². The minimum atomic E-state index is -3.26. The fourth-order valence-corrected chi connectivity index (χ4v) is 4.50. The van der Waals surface area contributed by atoms with Crippen LogP contribution in [0.3, 0.4) is 0 Å². The monoisotopic (exact) mass is 504 g/mol. The molecular formula is C20H45IN2O2S. The molecule has 160 valence electrons. The van der Waals surface area contributed by atoms with Gasteiger partial charge in [-0.25, -0.2) is 8.42 Å². The van der Waals surface area contributed by atoms with E-state index in [2.05, 4.69) is 46.5 Å². The highest BCUT2D eigenvalue weighted by atomic mass is 127. The molecule has 0 heterocycles. The first-order valence-electron chi connectivity index (χ1n) is 10.3. The number of halogens is 1. The lowest BCUT2D eigenvalue weighted by atomic mass is 9.92. The zero-order valence-corrected chi connectivity index (χ0v) is 21.4. The summed E-state index contributed by atoms with van der Waals surface area (Å²) in [6.07, 6.45) is 10.7. The van der Waals surface area contributed by atoms with Crippen molar-refractivity contribution in [3.05, 3.63) is 4.72 Å². The third-order valence-corrected chi connectivity index (χ3v) is 6.23. The number of unbranched alkanes of at least 4 members (excludes halogenated alkanes) is 8. The van der Waals surface area contributed by atoms with Gasteiger partial charge in [-0.15, -0.1) is 30.5 Å². The molecule has 0 fully saturated rings. The van der Waals surface area contributed by atoms with Crippen molar-refractivity contribution in [1.82, 2.24) is 0 Å². The Balaban J connectivity index is 0. The van der Waals surface area contributed by atoms with Crippen molar-refractivity contribution in [1.29, 1.82) is 0 Å². The van der Waals surface area contributed by atoms with Gasteiger partial charge in [0.1, 0.15) is 0 Å². The molecule has 0 aromatic carbocycles. The van der Waals surface area contributed by atoms with E-state index in [9.17, 15) is 8.42 Å². The minimum absolute atomic E-state index is 0. The molecule has 0 rings (SSSR count). The van der Waals surface area contributed by atoms with Crippen molar-refractivity contribution in [2.75, 3.05) is 39.5 Å². The van der Waals surface area contributed by atoms with E-state index in [-0.39, 0.29) is 35.1 Å². The van der Waals surface area contributed by atoms with Crippen molar-refractivity contribution in [2.24, 2.45) is 5.41 Å². The molecule has 0 aliphatic rings. The standard InChI is InChI=1S/C20H44N2O2S.HI/c1-7-9-10-11-12-13-14-15-16-17-25(23,24)21-18-20(3,4)19-22(5,6)8-2;/h7-19H2,1-6H3;1H. The van der Waals surface area contributed by atoms with Crippen LogP contribution in [0.4, 0.5) is 0 Å². The molecule has 0 amide bonds. The summed E-state index contributed by atoms with van der Waals surface area (Å²) in [6.45, 7) is 11.0. The predicted molar refractivity (Wildman–Crippen MR) is 126 cm³/mol. The first kappa shape index (κ1) is 28.8. The summed E-state index contributed by atoms with van der Waals surface area (Å²) in [5, 5.41) is 0. The summed E-state index contributed by atoms with van der Waals surface area (Å²) >= 11 is 0. The van der Waals surface area contributed by atoms with Crippen LogP contribution in [0.15, 0.2) is 0 Å². The SMILES string of the molecule is CCCCCCCCCCCS(=O)(=O)[N-]CC(C)(C)C[N+](C)(C)CC.I. The van der Waals surface area contributed by atoms with Crippen LogP contribution in [-0.4, -0.2) is 52.4 Å². The largest absolute Gasteiger partial charge is 0.548 e. The van der Waals surface area contributed by atoms with Crippen LogP contribution < -0.4 is 0 Å². The Bertz CT molecular complexity index is 437.